The Morgan fingerprint density at radius 3 is 1.64 bits per heavy atom. The van der Waals surface area contributed by atoms with Gasteiger partial charge < -0.3 is 8.98 Å². The molecule has 10 aromatic rings. The normalized spacial score (nSPS) is 13.8. The third kappa shape index (κ3) is 4.45. The van der Waals surface area contributed by atoms with Crippen molar-refractivity contribution >= 4 is 43.7 Å². The smallest absolute Gasteiger partial charge is 0.166 e. The monoisotopic (exact) mass is 648 g/mol. The summed E-state index contributed by atoms with van der Waals surface area (Å²) in [5, 5.41) is 1.66. The molecule has 0 aliphatic rings. The molecular formula is C45H28N4O. The van der Waals surface area contributed by atoms with Crippen LogP contribution in [0.5, 0.6) is 0 Å². The number of para-hydroxylation sites is 5. The van der Waals surface area contributed by atoms with Gasteiger partial charge in [0.1, 0.15) is 11.2 Å². The summed E-state index contributed by atoms with van der Waals surface area (Å²) in [6, 6.07) is 34.1. The largest absolute Gasteiger partial charge is 0.455 e. The topological polar surface area (TPSA) is 56.7 Å². The number of aromatic nitrogens is 4. The SMILES string of the molecule is [2H]c1c([2H])c([2H])c2c(c1[2H])c1c([2H])c([2H])c([2H])c([2H])c1n2-c1c(-c2nc(-c3ccccc3)nc(-c3ccccc3)n2)cccc1-c1cccc2c1oc1ccccc12. The number of hydrogen-bond donors (Lipinski definition) is 0. The van der Waals surface area contributed by atoms with E-state index in [0.717, 1.165) is 21.9 Å². The van der Waals surface area contributed by atoms with E-state index in [-0.39, 0.29) is 27.6 Å². The van der Waals surface area contributed by atoms with Crippen LogP contribution in [0, 0.1) is 0 Å². The molecule has 7 aromatic carbocycles. The molecule has 0 N–H and O–H groups in total. The second-order valence-corrected chi connectivity index (χ2v) is 11.8. The second-order valence-electron chi connectivity index (χ2n) is 11.8. The van der Waals surface area contributed by atoms with Crippen LogP contribution in [0.15, 0.2) is 174 Å². The molecule has 0 saturated carbocycles. The Hall–Kier alpha value is -6.85. The lowest BCUT2D eigenvalue weighted by Crippen LogP contribution is -2.05. The Balaban J connectivity index is 1.43. The van der Waals surface area contributed by atoms with Crippen molar-refractivity contribution in [3.05, 3.63) is 170 Å². The fourth-order valence-corrected chi connectivity index (χ4v) is 6.71. The van der Waals surface area contributed by atoms with E-state index in [4.69, 9.17) is 27.6 Å². The molecule has 3 heterocycles. The van der Waals surface area contributed by atoms with Crippen LogP contribution in [-0.4, -0.2) is 19.5 Å². The van der Waals surface area contributed by atoms with Crippen LogP contribution in [0.3, 0.4) is 0 Å². The molecule has 0 radical (unpaired) electrons. The number of hydrogen-bond acceptors (Lipinski definition) is 4. The highest BCUT2D eigenvalue weighted by molar-refractivity contribution is 6.13. The van der Waals surface area contributed by atoms with Crippen LogP contribution in [0.2, 0.25) is 0 Å². The average Bonchev–Trinajstić information content (AvgIpc) is 3.83. The predicted molar refractivity (Wildman–Crippen MR) is 203 cm³/mol. The second kappa shape index (κ2) is 11.4. The molecule has 10 rings (SSSR count). The summed E-state index contributed by atoms with van der Waals surface area (Å²) in [5.74, 6) is 0.982. The van der Waals surface area contributed by atoms with Gasteiger partial charge in [-0.25, -0.2) is 15.0 Å². The van der Waals surface area contributed by atoms with E-state index in [9.17, 15) is 2.74 Å². The van der Waals surface area contributed by atoms with Crippen LogP contribution in [0.4, 0.5) is 0 Å². The summed E-state index contributed by atoms with van der Waals surface area (Å²) in [5.41, 5.74) is 4.50. The first-order valence-corrected chi connectivity index (χ1v) is 16.1. The summed E-state index contributed by atoms with van der Waals surface area (Å²) < 4.78 is 80.0. The number of benzene rings is 7. The molecule has 0 saturated heterocycles. The highest BCUT2D eigenvalue weighted by Crippen LogP contribution is 2.44. The molecular weight excluding hydrogens is 613 g/mol. The van der Waals surface area contributed by atoms with Gasteiger partial charge in [0.05, 0.1) is 27.7 Å². The molecule has 0 amide bonds. The molecule has 0 bridgehead atoms. The number of furan rings is 1. The molecule has 5 nitrogen and oxygen atoms in total. The van der Waals surface area contributed by atoms with Crippen molar-refractivity contribution in [2.45, 2.75) is 0 Å². The first-order valence-electron chi connectivity index (χ1n) is 20.1. The maximum Gasteiger partial charge on any atom is 0.166 e. The first kappa shape index (κ1) is 21.2. The minimum atomic E-state index is -0.526. The van der Waals surface area contributed by atoms with Gasteiger partial charge >= 0.3 is 0 Å². The van der Waals surface area contributed by atoms with Crippen molar-refractivity contribution in [3.8, 4) is 51.0 Å². The van der Waals surface area contributed by atoms with Crippen LogP contribution in [0.1, 0.15) is 11.0 Å². The highest BCUT2D eigenvalue weighted by Gasteiger charge is 2.24. The van der Waals surface area contributed by atoms with Crippen LogP contribution < -0.4 is 0 Å². The van der Waals surface area contributed by atoms with Crippen LogP contribution in [-0.2, 0) is 0 Å². The van der Waals surface area contributed by atoms with Gasteiger partial charge in [0.2, 0.25) is 0 Å². The van der Waals surface area contributed by atoms with E-state index in [0.29, 0.717) is 45.2 Å². The minimum absolute atomic E-state index is 0.0286. The minimum Gasteiger partial charge on any atom is -0.455 e. The fourth-order valence-electron chi connectivity index (χ4n) is 6.71. The lowest BCUT2D eigenvalue weighted by atomic mass is 9.97. The van der Waals surface area contributed by atoms with Crippen molar-refractivity contribution in [2.24, 2.45) is 0 Å². The van der Waals surface area contributed by atoms with E-state index < -0.39 is 48.3 Å². The first-order chi connectivity index (χ1) is 28.1. The van der Waals surface area contributed by atoms with Gasteiger partial charge in [0.25, 0.3) is 0 Å². The number of rotatable bonds is 5. The summed E-state index contributed by atoms with van der Waals surface area (Å²) in [4.78, 5) is 15.0. The Morgan fingerprint density at radius 1 is 0.440 bits per heavy atom. The van der Waals surface area contributed by atoms with E-state index in [1.54, 1.807) is 6.07 Å². The molecule has 3 aromatic heterocycles. The van der Waals surface area contributed by atoms with Gasteiger partial charge in [-0.1, -0.05) is 145 Å². The Labute approximate surface area is 299 Å². The van der Waals surface area contributed by atoms with Crippen LogP contribution >= 0.6 is 0 Å². The Kier molecular flexibility index (Phi) is 4.83. The predicted octanol–water partition coefficient (Wildman–Crippen LogP) is 11.5. The van der Waals surface area contributed by atoms with Crippen molar-refractivity contribution < 1.29 is 15.4 Å². The van der Waals surface area contributed by atoms with Gasteiger partial charge in [0.15, 0.2) is 17.5 Å². The molecule has 5 heteroatoms. The zero-order valence-corrected chi connectivity index (χ0v) is 26.2. The Bertz CT molecular complexity index is 3200. The molecule has 0 atom stereocenters. The van der Waals surface area contributed by atoms with E-state index in [2.05, 4.69) is 0 Å². The zero-order chi connectivity index (χ0) is 40.0. The lowest BCUT2D eigenvalue weighted by molar-refractivity contribution is 0.670. The van der Waals surface area contributed by atoms with E-state index in [1.165, 1.54) is 4.57 Å². The Morgan fingerprint density at radius 2 is 0.960 bits per heavy atom. The summed E-state index contributed by atoms with van der Waals surface area (Å²) in [6.07, 6.45) is 0. The third-order valence-electron chi connectivity index (χ3n) is 8.93. The lowest BCUT2D eigenvalue weighted by Gasteiger charge is -2.19. The molecule has 0 spiro atoms. The number of nitrogens with zero attached hydrogens (tertiary/aromatic N) is 4. The summed E-state index contributed by atoms with van der Waals surface area (Å²) >= 11 is 0. The van der Waals surface area contributed by atoms with Gasteiger partial charge in [0, 0.05) is 49.4 Å². The highest BCUT2D eigenvalue weighted by atomic mass is 16.3. The van der Waals surface area contributed by atoms with E-state index >= 15 is 0 Å². The van der Waals surface area contributed by atoms with Crippen molar-refractivity contribution in [1.29, 1.82) is 0 Å². The van der Waals surface area contributed by atoms with Gasteiger partial charge in [-0.3, -0.25) is 0 Å². The maximum atomic E-state index is 9.36. The molecule has 50 heavy (non-hydrogen) atoms. The van der Waals surface area contributed by atoms with Crippen molar-refractivity contribution in [3.63, 3.8) is 0 Å². The number of fused-ring (bicyclic) bond motifs is 6. The van der Waals surface area contributed by atoms with E-state index in [1.807, 2.05) is 115 Å². The average molecular weight is 649 g/mol. The van der Waals surface area contributed by atoms with Crippen molar-refractivity contribution in [1.82, 2.24) is 19.5 Å². The molecule has 234 valence electrons. The third-order valence-corrected chi connectivity index (χ3v) is 8.93. The zero-order valence-electron chi connectivity index (χ0n) is 34.2. The standard InChI is InChI=1S/C45H28N4O/c1-3-15-29(16-4-1)43-46-44(30-17-5-2-6-18-30)48-45(47-43)37-25-13-22-34(36-24-14-23-35-33-21-9-12-28-40(33)50-42(35)36)41(37)49-38-26-10-7-19-31(38)32-20-8-11-27-39(32)49/h1-28H/i7D,8D,10D,11D,19D,20D,26D,27D. The summed E-state index contributed by atoms with van der Waals surface area (Å²) in [7, 11) is 0. The van der Waals surface area contributed by atoms with Gasteiger partial charge in [-0.05, 0) is 24.2 Å². The van der Waals surface area contributed by atoms with Crippen LogP contribution in [0.25, 0.3) is 94.7 Å². The fraction of sp³-hybridized carbons (Fsp3) is 0. The molecule has 0 fully saturated rings. The van der Waals surface area contributed by atoms with Gasteiger partial charge in [-0.2, -0.15) is 0 Å². The van der Waals surface area contributed by atoms with Crippen molar-refractivity contribution in [2.75, 3.05) is 0 Å². The molecule has 0 aliphatic heterocycles. The maximum absolute atomic E-state index is 9.36. The quantitative estimate of drug-likeness (QED) is 0.186. The van der Waals surface area contributed by atoms with Gasteiger partial charge in [-0.15, -0.1) is 0 Å². The molecule has 0 unspecified atom stereocenters. The summed E-state index contributed by atoms with van der Waals surface area (Å²) in [6.45, 7) is 0. The molecule has 0 aliphatic carbocycles.